The second-order valence-electron chi connectivity index (χ2n) is 8.67. The van der Waals surface area contributed by atoms with Crippen LogP contribution in [0.2, 0.25) is 5.02 Å². The number of benzene rings is 3. The Morgan fingerprint density at radius 1 is 1.03 bits per heavy atom. The normalized spacial score (nSPS) is 13.0. The number of hydrogen-bond acceptors (Lipinski definition) is 3. The molecular weight excluding hydrogens is 446 g/mol. The molecular formula is C28H26ClN3O2. The number of para-hydroxylation sites is 1. The van der Waals surface area contributed by atoms with Crippen molar-refractivity contribution in [3.8, 4) is 17.3 Å². The molecule has 1 saturated carbocycles. The van der Waals surface area contributed by atoms with Crippen LogP contribution in [0.25, 0.3) is 5.69 Å². The van der Waals surface area contributed by atoms with Crippen LogP contribution in [0.5, 0.6) is 11.6 Å². The van der Waals surface area contributed by atoms with Gasteiger partial charge in [0.05, 0.1) is 23.5 Å². The van der Waals surface area contributed by atoms with Gasteiger partial charge >= 0.3 is 0 Å². The highest BCUT2D eigenvalue weighted by Gasteiger charge is 2.30. The number of amides is 1. The Morgan fingerprint density at radius 3 is 2.41 bits per heavy atom. The molecule has 1 aliphatic carbocycles. The maximum Gasteiger partial charge on any atom is 0.254 e. The molecule has 0 radical (unpaired) electrons. The largest absolute Gasteiger partial charge is 0.439 e. The SMILES string of the molecule is Cc1nn(-c2cccc(Cl)c2)c(Oc2ccccc2)c1CN(CC1CC1)C(=O)c1ccccc1. The lowest BCUT2D eigenvalue weighted by molar-refractivity contribution is 0.0733. The van der Waals surface area contributed by atoms with Gasteiger partial charge in [0.1, 0.15) is 5.75 Å². The summed E-state index contributed by atoms with van der Waals surface area (Å²) in [5.74, 6) is 1.87. The predicted molar refractivity (Wildman–Crippen MR) is 134 cm³/mol. The van der Waals surface area contributed by atoms with E-state index in [1.165, 1.54) is 0 Å². The van der Waals surface area contributed by atoms with E-state index in [-0.39, 0.29) is 5.91 Å². The molecule has 1 heterocycles. The van der Waals surface area contributed by atoms with Crippen LogP contribution in [0.1, 0.15) is 34.5 Å². The summed E-state index contributed by atoms with van der Waals surface area (Å²) in [6.07, 6.45) is 2.32. The highest BCUT2D eigenvalue weighted by Crippen LogP contribution is 2.35. The fourth-order valence-corrected chi connectivity index (χ4v) is 4.18. The number of aromatic nitrogens is 2. The van der Waals surface area contributed by atoms with E-state index in [4.69, 9.17) is 21.4 Å². The highest BCUT2D eigenvalue weighted by molar-refractivity contribution is 6.30. The van der Waals surface area contributed by atoms with E-state index in [0.717, 1.165) is 36.3 Å². The van der Waals surface area contributed by atoms with Gasteiger partial charge in [0.25, 0.3) is 5.91 Å². The van der Waals surface area contributed by atoms with Crippen molar-refractivity contribution in [2.75, 3.05) is 6.54 Å². The highest BCUT2D eigenvalue weighted by atomic mass is 35.5. The first-order valence-corrected chi connectivity index (χ1v) is 11.9. The minimum absolute atomic E-state index is 0.0214. The number of halogens is 1. The average Bonchev–Trinajstić information content (AvgIpc) is 3.63. The van der Waals surface area contributed by atoms with E-state index in [0.29, 0.717) is 34.7 Å². The van der Waals surface area contributed by atoms with Gasteiger partial charge in [0, 0.05) is 17.1 Å². The van der Waals surface area contributed by atoms with Crippen LogP contribution >= 0.6 is 11.6 Å². The van der Waals surface area contributed by atoms with Gasteiger partial charge in [0.2, 0.25) is 5.88 Å². The number of rotatable bonds is 8. The Bertz CT molecular complexity index is 1280. The molecule has 1 aliphatic rings. The van der Waals surface area contributed by atoms with E-state index < -0.39 is 0 Å². The molecule has 0 unspecified atom stereocenters. The minimum atomic E-state index is 0.0214. The van der Waals surface area contributed by atoms with Crippen molar-refractivity contribution in [2.45, 2.75) is 26.3 Å². The monoisotopic (exact) mass is 471 g/mol. The van der Waals surface area contributed by atoms with Crippen LogP contribution < -0.4 is 4.74 Å². The van der Waals surface area contributed by atoms with Crippen LogP contribution in [0.4, 0.5) is 0 Å². The van der Waals surface area contributed by atoms with Crippen molar-refractivity contribution in [2.24, 2.45) is 5.92 Å². The summed E-state index contributed by atoms with van der Waals surface area (Å²) in [6, 6.07) is 26.6. The maximum absolute atomic E-state index is 13.5. The van der Waals surface area contributed by atoms with E-state index in [2.05, 4.69) is 0 Å². The molecule has 34 heavy (non-hydrogen) atoms. The third-order valence-corrected chi connectivity index (χ3v) is 6.22. The smallest absolute Gasteiger partial charge is 0.254 e. The van der Waals surface area contributed by atoms with Gasteiger partial charge in [-0.15, -0.1) is 0 Å². The Labute approximate surface area is 204 Å². The molecule has 0 bridgehead atoms. The summed E-state index contributed by atoms with van der Waals surface area (Å²) < 4.78 is 8.15. The van der Waals surface area contributed by atoms with Gasteiger partial charge in [-0.2, -0.15) is 5.10 Å². The summed E-state index contributed by atoms with van der Waals surface area (Å²) in [5, 5.41) is 5.41. The summed E-state index contributed by atoms with van der Waals surface area (Å²) in [7, 11) is 0. The number of hydrogen-bond donors (Lipinski definition) is 0. The predicted octanol–water partition coefficient (Wildman–Crippen LogP) is 6.68. The van der Waals surface area contributed by atoms with Gasteiger partial charge < -0.3 is 9.64 Å². The zero-order chi connectivity index (χ0) is 23.5. The Kier molecular flexibility index (Phi) is 6.37. The standard InChI is InChI=1S/C28H26ClN3O2/c1-20-26(19-31(18-21-15-16-21)27(33)22-9-4-2-5-10-22)28(34-25-13-6-3-7-14-25)32(30-20)24-12-8-11-23(29)17-24/h2-14,17,21H,15-16,18-19H2,1H3. The number of ether oxygens (including phenoxy) is 1. The van der Waals surface area contributed by atoms with Gasteiger partial charge in [-0.25, -0.2) is 4.68 Å². The van der Waals surface area contributed by atoms with E-state index in [9.17, 15) is 4.79 Å². The maximum atomic E-state index is 13.5. The summed E-state index contributed by atoms with van der Waals surface area (Å²) in [5.41, 5.74) is 3.19. The minimum Gasteiger partial charge on any atom is -0.439 e. The van der Waals surface area contributed by atoms with Crippen molar-refractivity contribution >= 4 is 17.5 Å². The second kappa shape index (κ2) is 9.74. The van der Waals surface area contributed by atoms with Crippen LogP contribution in [0.15, 0.2) is 84.9 Å². The van der Waals surface area contributed by atoms with Gasteiger partial charge in [-0.05, 0) is 68.1 Å². The molecule has 4 aromatic rings. The number of carbonyl (C=O) groups is 1. The fraction of sp³-hybridized carbons (Fsp3) is 0.214. The van der Waals surface area contributed by atoms with Crippen molar-refractivity contribution in [3.63, 3.8) is 0 Å². The fourth-order valence-electron chi connectivity index (χ4n) is 3.99. The number of aryl methyl sites for hydroxylation is 1. The lowest BCUT2D eigenvalue weighted by Gasteiger charge is -2.23. The average molecular weight is 472 g/mol. The molecule has 1 amide bonds. The number of carbonyl (C=O) groups excluding carboxylic acids is 1. The van der Waals surface area contributed by atoms with Crippen LogP contribution in [-0.2, 0) is 6.54 Å². The molecule has 1 fully saturated rings. The van der Waals surface area contributed by atoms with Crippen LogP contribution in [0.3, 0.4) is 0 Å². The zero-order valence-corrected chi connectivity index (χ0v) is 19.8. The molecule has 0 atom stereocenters. The van der Waals surface area contributed by atoms with Crippen molar-refractivity contribution < 1.29 is 9.53 Å². The first-order valence-electron chi connectivity index (χ1n) is 11.5. The Balaban J connectivity index is 1.55. The quantitative estimate of drug-likeness (QED) is 0.288. The summed E-state index contributed by atoms with van der Waals surface area (Å²) in [4.78, 5) is 15.4. The summed E-state index contributed by atoms with van der Waals surface area (Å²) >= 11 is 6.28. The summed E-state index contributed by atoms with van der Waals surface area (Å²) in [6.45, 7) is 3.09. The molecule has 3 aromatic carbocycles. The molecule has 0 aliphatic heterocycles. The van der Waals surface area contributed by atoms with Crippen molar-refractivity contribution in [1.29, 1.82) is 0 Å². The van der Waals surface area contributed by atoms with Crippen LogP contribution in [0, 0.1) is 12.8 Å². The molecule has 0 N–H and O–H groups in total. The van der Waals surface area contributed by atoms with E-state index in [1.807, 2.05) is 96.8 Å². The second-order valence-corrected chi connectivity index (χ2v) is 9.11. The molecule has 172 valence electrons. The molecule has 5 nitrogen and oxygen atoms in total. The van der Waals surface area contributed by atoms with Crippen molar-refractivity contribution in [1.82, 2.24) is 14.7 Å². The molecule has 6 heteroatoms. The molecule has 5 rings (SSSR count). The van der Waals surface area contributed by atoms with Gasteiger partial charge in [-0.3, -0.25) is 4.79 Å². The Hall–Kier alpha value is -3.57. The number of nitrogens with zero attached hydrogens (tertiary/aromatic N) is 3. The third kappa shape index (κ3) is 5.00. The van der Waals surface area contributed by atoms with Gasteiger partial charge in [0.15, 0.2) is 0 Å². The van der Waals surface area contributed by atoms with E-state index >= 15 is 0 Å². The lowest BCUT2D eigenvalue weighted by Crippen LogP contribution is -2.32. The van der Waals surface area contributed by atoms with Crippen molar-refractivity contribution in [3.05, 3.63) is 107 Å². The third-order valence-electron chi connectivity index (χ3n) is 5.98. The first kappa shape index (κ1) is 22.2. The lowest BCUT2D eigenvalue weighted by atomic mass is 10.1. The topological polar surface area (TPSA) is 47.4 Å². The Morgan fingerprint density at radius 2 is 1.74 bits per heavy atom. The van der Waals surface area contributed by atoms with Gasteiger partial charge in [-0.1, -0.05) is 54.1 Å². The van der Waals surface area contributed by atoms with Crippen LogP contribution in [-0.4, -0.2) is 27.1 Å². The molecule has 0 spiro atoms. The molecule has 0 saturated heterocycles. The first-order chi connectivity index (χ1) is 16.6. The van der Waals surface area contributed by atoms with E-state index in [1.54, 1.807) is 4.68 Å². The zero-order valence-electron chi connectivity index (χ0n) is 19.0. The molecule has 1 aromatic heterocycles.